The van der Waals surface area contributed by atoms with E-state index in [1.165, 1.54) is 26.5 Å². The zero-order valence-electron chi connectivity index (χ0n) is 12.7. The first kappa shape index (κ1) is 17.7. The molecule has 0 aromatic heterocycles. The van der Waals surface area contributed by atoms with E-state index in [9.17, 15) is 13.8 Å². The molecular formula is C14H21FNO4P. The second kappa shape index (κ2) is 7.57. The van der Waals surface area contributed by atoms with E-state index in [2.05, 4.69) is 10.1 Å². The molecule has 21 heavy (non-hydrogen) atoms. The van der Waals surface area contributed by atoms with E-state index in [4.69, 9.17) is 4.52 Å². The lowest BCUT2D eigenvalue weighted by Gasteiger charge is -2.20. The Morgan fingerprint density at radius 1 is 1.43 bits per heavy atom. The normalized spacial score (nSPS) is 12.8. The fourth-order valence-electron chi connectivity index (χ4n) is 1.81. The van der Waals surface area contributed by atoms with Crippen LogP contribution in [0.2, 0.25) is 0 Å². The fourth-order valence-corrected chi connectivity index (χ4v) is 2.36. The lowest BCUT2D eigenvalue weighted by molar-refractivity contribution is 0.164. The third-order valence-electron chi connectivity index (χ3n) is 2.82. The van der Waals surface area contributed by atoms with E-state index in [1.807, 2.05) is 0 Å². The lowest BCUT2D eigenvalue weighted by Crippen LogP contribution is -2.29. The number of carbonyl (C=O) groups excluding carboxylic acids is 1. The lowest BCUT2D eigenvalue weighted by atomic mass is 10.0. The summed E-state index contributed by atoms with van der Waals surface area (Å²) in [6, 6.07) is 4.16. The standard InChI is InChI=1S/C14H21FNO4P/c1-10-5-6-11(12(15)9-10)13(16-14(17)19-2)7-8-20-21(3,4)18/h5-6,9,13H,7-8H2,1-4H3,(H,16,17). The number of halogens is 1. The van der Waals surface area contributed by atoms with Crippen LogP contribution >= 0.6 is 7.37 Å². The van der Waals surface area contributed by atoms with Crippen molar-refractivity contribution in [1.82, 2.24) is 5.32 Å². The number of rotatable bonds is 6. The molecule has 1 aromatic carbocycles. The SMILES string of the molecule is COC(=O)NC(CCOP(C)(C)=O)c1ccc(C)cc1F. The van der Waals surface area contributed by atoms with E-state index in [0.717, 1.165) is 5.56 Å². The number of ether oxygens (including phenoxy) is 1. The molecule has 1 amide bonds. The van der Waals surface area contributed by atoms with Crippen molar-refractivity contribution in [2.75, 3.05) is 27.0 Å². The van der Waals surface area contributed by atoms with Crippen molar-refractivity contribution >= 4 is 13.5 Å². The summed E-state index contributed by atoms with van der Waals surface area (Å²) in [5, 5.41) is 2.56. The molecule has 1 rings (SSSR count). The van der Waals surface area contributed by atoms with Crippen LogP contribution in [0.1, 0.15) is 23.6 Å². The van der Waals surface area contributed by atoms with Crippen LogP contribution in [0.15, 0.2) is 18.2 Å². The van der Waals surface area contributed by atoms with Crippen LogP contribution in [-0.4, -0.2) is 33.1 Å². The van der Waals surface area contributed by atoms with Crippen molar-refractivity contribution in [2.45, 2.75) is 19.4 Å². The molecular weight excluding hydrogens is 296 g/mol. The molecule has 5 nitrogen and oxygen atoms in total. The predicted octanol–water partition coefficient (Wildman–Crippen LogP) is 3.48. The third-order valence-corrected chi connectivity index (χ3v) is 3.62. The summed E-state index contributed by atoms with van der Waals surface area (Å²) in [6.45, 7) is 4.93. The number of aryl methyl sites for hydroxylation is 1. The molecule has 1 N–H and O–H groups in total. The number of alkyl carbamates (subject to hydrolysis) is 1. The van der Waals surface area contributed by atoms with Gasteiger partial charge in [-0.05, 0) is 25.0 Å². The number of carbonyl (C=O) groups is 1. The molecule has 0 radical (unpaired) electrons. The van der Waals surface area contributed by atoms with Crippen molar-refractivity contribution in [3.05, 3.63) is 35.1 Å². The van der Waals surface area contributed by atoms with Crippen molar-refractivity contribution in [3.8, 4) is 0 Å². The number of hydrogen-bond acceptors (Lipinski definition) is 4. The molecule has 0 fully saturated rings. The molecule has 0 spiro atoms. The Morgan fingerprint density at radius 2 is 2.10 bits per heavy atom. The van der Waals surface area contributed by atoms with Gasteiger partial charge in [-0.3, -0.25) is 4.57 Å². The number of amides is 1. The van der Waals surface area contributed by atoms with Gasteiger partial charge in [0.1, 0.15) is 5.82 Å². The first-order valence-corrected chi connectivity index (χ1v) is 9.05. The van der Waals surface area contributed by atoms with Gasteiger partial charge in [-0.1, -0.05) is 12.1 Å². The van der Waals surface area contributed by atoms with Crippen molar-refractivity contribution in [3.63, 3.8) is 0 Å². The molecule has 0 aliphatic heterocycles. The topological polar surface area (TPSA) is 64.6 Å². The van der Waals surface area contributed by atoms with Gasteiger partial charge >= 0.3 is 6.09 Å². The second-order valence-electron chi connectivity index (χ2n) is 5.09. The first-order valence-electron chi connectivity index (χ1n) is 6.53. The highest BCUT2D eigenvalue weighted by atomic mass is 31.2. The molecule has 0 bridgehead atoms. The van der Waals surface area contributed by atoms with Gasteiger partial charge in [0.05, 0.1) is 19.8 Å². The molecule has 0 saturated heterocycles. The highest BCUT2D eigenvalue weighted by Crippen LogP contribution is 2.37. The number of methoxy groups -OCH3 is 1. The van der Waals surface area contributed by atoms with E-state index in [1.54, 1.807) is 19.1 Å². The van der Waals surface area contributed by atoms with Gasteiger partial charge in [0, 0.05) is 18.9 Å². The molecule has 0 saturated carbocycles. The summed E-state index contributed by atoms with van der Waals surface area (Å²) in [7, 11) is -1.38. The van der Waals surface area contributed by atoms with E-state index in [0.29, 0.717) is 12.0 Å². The third kappa shape index (κ3) is 6.27. The van der Waals surface area contributed by atoms with Crippen molar-refractivity contribution in [2.24, 2.45) is 0 Å². The molecule has 0 aliphatic carbocycles. The largest absolute Gasteiger partial charge is 0.453 e. The predicted molar refractivity (Wildman–Crippen MR) is 79.4 cm³/mol. The highest BCUT2D eigenvalue weighted by molar-refractivity contribution is 7.57. The minimum Gasteiger partial charge on any atom is -0.453 e. The summed E-state index contributed by atoms with van der Waals surface area (Å²) in [4.78, 5) is 11.4. The van der Waals surface area contributed by atoms with Gasteiger partial charge < -0.3 is 14.6 Å². The van der Waals surface area contributed by atoms with Gasteiger partial charge in [-0.25, -0.2) is 9.18 Å². The van der Waals surface area contributed by atoms with Gasteiger partial charge in [-0.15, -0.1) is 0 Å². The highest BCUT2D eigenvalue weighted by Gasteiger charge is 2.19. The fraction of sp³-hybridized carbons (Fsp3) is 0.500. The summed E-state index contributed by atoms with van der Waals surface area (Å²) in [5.41, 5.74) is 1.13. The van der Waals surface area contributed by atoms with Crippen LogP contribution in [0, 0.1) is 12.7 Å². The average molecular weight is 317 g/mol. The number of hydrogen-bond donors (Lipinski definition) is 1. The summed E-state index contributed by atoms with van der Waals surface area (Å²) < 4.78 is 35.3. The van der Waals surface area contributed by atoms with E-state index >= 15 is 0 Å². The Morgan fingerprint density at radius 3 is 2.62 bits per heavy atom. The van der Waals surface area contributed by atoms with Crippen LogP contribution in [-0.2, 0) is 13.8 Å². The molecule has 1 unspecified atom stereocenters. The van der Waals surface area contributed by atoms with E-state index < -0.39 is 25.3 Å². The summed E-state index contributed by atoms with van der Waals surface area (Å²) >= 11 is 0. The van der Waals surface area contributed by atoms with Gasteiger partial charge in [0.2, 0.25) is 0 Å². The Kier molecular flexibility index (Phi) is 6.37. The average Bonchev–Trinajstić information content (AvgIpc) is 2.36. The van der Waals surface area contributed by atoms with Crippen LogP contribution in [0.25, 0.3) is 0 Å². The number of benzene rings is 1. The van der Waals surface area contributed by atoms with E-state index in [-0.39, 0.29) is 6.61 Å². The van der Waals surface area contributed by atoms with Gasteiger partial charge in [0.15, 0.2) is 7.37 Å². The van der Waals surface area contributed by atoms with Crippen molar-refractivity contribution in [1.29, 1.82) is 0 Å². The zero-order valence-corrected chi connectivity index (χ0v) is 13.6. The maximum atomic E-state index is 14.0. The Labute approximate surface area is 124 Å². The maximum absolute atomic E-state index is 14.0. The van der Waals surface area contributed by atoms with Crippen LogP contribution < -0.4 is 5.32 Å². The maximum Gasteiger partial charge on any atom is 0.407 e. The minimum atomic E-state index is -2.61. The second-order valence-corrected chi connectivity index (χ2v) is 7.85. The quantitative estimate of drug-likeness (QED) is 0.816. The summed E-state index contributed by atoms with van der Waals surface area (Å²) in [5.74, 6) is -0.410. The molecule has 118 valence electrons. The van der Waals surface area contributed by atoms with Crippen LogP contribution in [0.4, 0.5) is 9.18 Å². The van der Waals surface area contributed by atoms with Crippen LogP contribution in [0.3, 0.4) is 0 Å². The number of nitrogens with one attached hydrogen (secondary N) is 1. The Hall–Kier alpha value is -1.39. The molecule has 7 heteroatoms. The summed E-state index contributed by atoms with van der Waals surface area (Å²) in [6.07, 6.45) is -0.364. The Bertz CT molecular complexity index is 544. The monoisotopic (exact) mass is 317 g/mol. The van der Waals surface area contributed by atoms with Gasteiger partial charge in [0.25, 0.3) is 0 Å². The first-order chi connectivity index (χ1) is 9.73. The minimum absolute atomic E-state index is 0.145. The molecule has 1 atom stereocenters. The van der Waals surface area contributed by atoms with Crippen LogP contribution in [0.5, 0.6) is 0 Å². The van der Waals surface area contributed by atoms with Crippen molar-refractivity contribution < 1.29 is 23.0 Å². The zero-order chi connectivity index (χ0) is 16.0. The molecule has 0 aliphatic rings. The molecule has 0 heterocycles. The Balaban J connectivity index is 2.85. The molecule has 1 aromatic rings. The smallest absolute Gasteiger partial charge is 0.407 e. The van der Waals surface area contributed by atoms with Gasteiger partial charge in [-0.2, -0.15) is 0 Å².